The molecule has 0 aliphatic carbocycles. The number of nitrogens with zero attached hydrogens (tertiary/aromatic N) is 1. The van der Waals surface area contributed by atoms with Gasteiger partial charge in [0.25, 0.3) is 5.91 Å². The van der Waals surface area contributed by atoms with E-state index < -0.39 is 21.7 Å². The van der Waals surface area contributed by atoms with Crippen LogP contribution < -0.4 is 4.74 Å². The summed E-state index contributed by atoms with van der Waals surface area (Å²) in [7, 11) is -3.19. The van der Waals surface area contributed by atoms with Gasteiger partial charge in [-0.25, -0.2) is 12.8 Å². The van der Waals surface area contributed by atoms with E-state index in [1.165, 1.54) is 11.0 Å². The van der Waals surface area contributed by atoms with Gasteiger partial charge in [0.15, 0.2) is 9.84 Å². The fraction of sp³-hybridized carbons (Fsp3) is 0.286. The summed E-state index contributed by atoms with van der Waals surface area (Å²) in [5.41, 5.74) is 0.748. The molecule has 7 heteroatoms. The first kappa shape index (κ1) is 20.1. The highest BCUT2D eigenvalue weighted by molar-refractivity contribution is 7.91. The van der Waals surface area contributed by atoms with Crippen molar-refractivity contribution in [3.63, 3.8) is 0 Å². The molecule has 2 aromatic carbocycles. The number of carbonyl (C=O) groups is 1. The molecule has 0 bridgehead atoms. The number of ether oxygens (including phenoxy) is 1. The largest absolute Gasteiger partial charge is 0.490 e. The van der Waals surface area contributed by atoms with Crippen molar-refractivity contribution >= 4 is 15.7 Å². The van der Waals surface area contributed by atoms with Gasteiger partial charge in [0.1, 0.15) is 18.2 Å². The molecule has 1 heterocycles. The van der Waals surface area contributed by atoms with Gasteiger partial charge in [-0.15, -0.1) is 0 Å². The summed E-state index contributed by atoms with van der Waals surface area (Å²) in [6.07, 6.45) is 1.97. The SMILES string of the molecule is C=CCOc1ccc(C(=O)N(Cc2ccccc2F)[C@@H]2CCS(=O)(=O)C2)cc1. The number of carbonyl (C=O) groups excluding carboxylic acids is 1. The Labute approximate surface area is 164 Å². The minimum absolute atomic E-state index is 0.0143. The lowest BCUT2D eigenvalue weighted by atomic mass is 10.1. The van der Waals surface area contributed by atoms with Crippen LogP contribution >= 0.6 is 0 Å². The van der Waals surface area contributed by atoms with E-state index in [-0.39, 0.29) is 24.0 Å². The van der Waals surface area contributed by atoms with Gasteiger partial charge in [0, 0.05) is 23.7 Å². The number of hydrogen-bond acceptors (Lipinski definition) is 4. The maximum atomic E-state index is 14.1. The van der Waals surface area contributed by atoms with Crippen molar-refractivity contribution in [2.75, 3.05) is 18.1 Å². The first-order chi connectivity index (χ1) is 13.4. The van der Waals surface area contributed by atoms with Gasteiger partial charge in [-0.3, -0.25) is 4.79 Å². The second-order valence-electron chi connectivity index (χ2n) is 6.71. The lowest BCUT2D eigenvalue weighted by molar-refractivity contribution is 0.0679. The minimum atomic E-state index is -3.19. The zero-order valence-corrected chi connectivity index (χ0v) is 16.2. The number of rotatable bonds is 7. The van der Waals surface area contributed by atoms with Crippen molar-refractivity contribution in [1.29, 1.82) is 0 Å². The molecular weight excluding hydrogens is 381 g/mol. The highest BCUT2D eigenvalue weighted by Gasteiger charge is 2.35. The third-order valence-corrected chi connectivity index (χ3v) is 6.43. The predicted octanol–water partition coefficient (Wildman–Crippen LogP) is 3.22. The molecule has 1 amide bonds. The summed E-state index contributed by atoms with van der Waals surface area (Å²) in [5, 5.41) is 0. The maximum Gasteiger partial charge on any atom is 0.254 e. The molecule has 0 radical (unpaired) electrons. The Hall–Kier alpha value is -2.67. The second-order valence-corrected chi connectivity index (χ2v) is 8.93. The molecule has 2 aromatic rings. The Bertz CT molecular complexity index is 957. The second kappa shape index (κ2) is 8.56. The molecule has 5 nitrogen and oxygen atoms in total. The zero-order chi connectivity index (χ0) is 20.1. The Morgan fingerprint density at radius 3 is 2.54 bits per heavy atom. The highest BCUT2D eigenvalue weighted by atomic mass is 32.2. The molecule has 1 fully saturated rings. The summed E-state index contributed by atoms with van der Waals surface area (Å²) >= 11 is 0. The standard InChI is InChI=1S/C21H22FNO4S/c1-2-12-27-19-9-7-16(8-10-19)21(24)23(18-11-13-28(25,26)15-18)14-17-5-3-4-6-20(17)22/h2-10,18H,1,11-15H2/t18-/m1/s1. The van der Waals surface area contributed by atoms with Crippen LogP contribution in [0.3, 0.4) is 0 Å². The lowest BCUT2D eigenvalue weighted by Gasteiger charge is -2.28. The van der Waals surface area contributed by atoms with Gasteiger partial charge in [-0.1, -0.05) is 30.9 Å². The molecule has 1 atom stereocenters. The first-order valence-electron chi connectivity index (χ1n) is 8.98. The topological polar surface area (TPSA) is 63.7 Å². The summed E-state index contributed by atoms with van der Waals surface area (Å²) in [6.45, 7) is 3.95. The van der Waals surface area contributed by atoms with Crippen LogP contribution in [-0.2, 0) is 16.4 Å². The Morgan fingerprint density at radius 1 is 1.21 bits per heavy atom. The van der Waals surface area contributed by atoms with Crippen LogP contribution in [0.4, 0.5) is 4.39 Å². The van der Waals surface area contributed by atoms with Crippen LogP contribution in [0, 0.1) is 5.82 Å². The van der Waals surface area contributed by atoms with Gasteiger partial charge in [-0.05, 0) is 36.8 Å². The van der Waals surface area contributed by atoms with Gasteiger partial charge in [-0.2, -0.15) is 0 Å². The summed E-state index contributed by atoms with van der Waals surface area (Å²) < 4.78 is 43.4. The van der Waals surface area contributed by atoms with Crippen LogP contribution in [0.2, 0.25) is 0 Å². The van der Waals surface area contributed by atoms with Crippen LogP contribution in [0.25, 0.3) is 0 Å². The van der Waals surface area contributed by atoms with Crippen molar-refractivity contribution < 1.29 is 22.3 Å². The van der Waals surface area contributed by atoms with Crippen molar-refractivity contribution in [3.05, 3.63) is 78.1 Å². The Kier molecular flexibility index (Phi) is 6.14. The number of amides is 1. The van der Waals surface area contributed by atoms with Gasteiger partial charge < -0.3 is 9.64 Å². The van der Waals surface area contributed by atoms with Crippen LogP contribution in [0.1, 0.15) is 22.3 Å². The smallest absolute Gasteiger partial charge is 0.254 e. The number of benzene rings is 2. The van der Waals surface area contributed by atoms with E-state index in [4.69, 9.17) is 4.74 Å². The quantitative estimate of drug-likeness (QED) is 0.666. The van der Waals surface area contributed by atoms with Gasteiger partial charge in [0.2, 0.25) is 0 Å². The third kappa shape index (κ3) is 4.78. The third-order valence-electron chi connectivity index (χ3n) is 4.68. The van der Waals surface area contributed by atoms with E-state index in [0.717, 1.165) is 0 Å². The van der Waals surface area contributed by atoms with Crippen molar-refractivity contribution in [1.82, 2.24) is 4.90 Å². The average molecular weight is 403 g/mol. The zero-order valence-electron chi connectivity index (χ0n) is 15.4. The van der Waals surface area contributed by atoms with Crippen LogP contribution in [0.5, 0.6) is 5.75 Å². The van der Waals surface area contributed by atoms with E-state index in [9.17, 15) is 17.6 Å². The maximum absolute atomic E-state index is 14.1. The van der Waals surface area contributed by atoms with E-state index in [2.05, 4.69) is 6.58 Å². The summed E-state index contributed by atoms with van der Waals surface area (Å²) in [6, 6.07) is 12.3. The highest BCUT2D eigenvalue weighted by Crippen LogP contribution is 2.24. The fourth-order valence-corrected chi connectivity index (χ4v) is 4.94. The number of halogens is 1. The molecule has 3 rings (SSSR count). The molecule has 0 spiro atoms. The first-order valence-corrected chi connectivity index (χ1v) is 10.8. The van der Waals surface area contributed by atoms with E-state index >= 15 is 0 Å². The predicted molar refractivity (Wildman–Crippen MR) is 105 cm³/mol. The van der Waals surface area contributed by atoms with E-state index in [0.29, 0.717) is 29.9 Å². The Morgan fingerprint density at radius 2 is 1.93 bits per heavy atom. The van der Waals surface area contributed by atoms with E-state index in [1.54, 1.807) is 48.5 Å². The minimum Gasteiger partial charge on any atom is -0.490 e. The molecule has 1 aliphatic heterocycles. The van der Waals surface area contributed by atoms with Crippen molar-refractivity contribution in [2.24, 2.45) is 0 Å². The molecule has 0 N–H and O–H groups in total. The molecule has 1 saturated heterocycles. The van der Waals surface area contributed by atoms with Crippen molar-refractivity contribution in [2.45, 2.75) is 19.0 Å². The monoisotopic (exact) mass is 403 g/mol. The molecule has 148 valence electrons. The van der Waals surface area contributed by atoms with Gasteiger partial charge >= 0.3 is 0 Å². The number of sulfone groups is 1. The van der Waals surface area contributed by atoms with Crippen LogP contribution in [0.15, 0.2) is 61.2 Å². The fourth-order valence-electron chi connectivity index (χ4n) is 3.21. The molecule has 0 aromatic heterocycles. The molecular formula is C21H22FNO4S. The molecule has 0 unspecified atom stereocenters. The summed E-state index contributed by atoms with van der Waals surface area (Å²) in [5.74, 6) is -0.226. The number of hydrogen-bond donors (Lipinski definition) is 0. The molecule has 28 heavy (non-hydrogen) atoms. The Balaban J connectivity index is 1.86. The normalized spacial score (nSPS) is 17.8. The van der Waals surface area contributed by atoms with Crippen LogP contribution in [-0.4, -0.2) is 43.4 Å². The summed E-state index contributed by atoms with van der Waals surface area (Å²) in [4.78, 5) is 14.6. The lowest BCUT2D eigenvalue weighted by Crippen LogP contribution is -2.40. The van der Waals surface area contributed by atoms with Crippen molar-refractivity contribution in [3.8, 4) is 5.75 Å². The van der Waals surface area contributed by atoms with Gasteiger partial charge in [0.05, 0.1) is 11.5 Å². The molecule has 0 saturated carbocycles. The van der Waals surface area contributed by atoms with E-state index in [1.807, 2.05) is 0 Å². The molecule has 1 aliphatic rings. The average Bonchev–Trinajstić information content (AvgIpc) is 3.05.